The Morgan fingerprint density at radius 3 is 3.11 bits per heavy atom. The smallest absolute Gasteiger partial charge is 0.335 e. The Morgan fingerprint density at radius 2 is 2.37 bits per heavy atom. The summed E-state index contributed by atoms with van der Waals surface area (Å²) in [6.45, 7) is 2.04. The molecule has 0 spiro atoms. The molecule has 0 amide bonds. The predicted molar refractivity (Wildman–Crippen MR) is 69.1 cm³/mol. The van der Waals surface area contributed by atoms with Crippen LogP contribution in [0.25, 0.3) is 0 Å². The van der Waals surface area contributed by atoms with Crippen LogP contribution in [0.2, 0.25) is 0 Å². The van der Waals surface area contributed by atoms with E-state index in [1.54, 1.807) is 0 Å². The Hall–Kier alpha value is -1.89. The summed E-state index contributed by atoms with van der Waals surface area (Å²) < 4.78 is 5.07. The third-order valence-corrected chi connectivity index (χ3v) is 3.23. The maximum atomic E-state index is 10.8. The lowest BCUT2D eigenvalue weighted by Crippen LogP contribution is -1.97. The molecule has 0 unspecified atom stereocenters. The molecule has 6 nitrogen and oxygen atoms in total. The highest BCUT2D eigenvalue weighted by molar-refractivity contribution is 7.98. The minimum atomic E-state index is -0.964. The number of aromatic carboxylic acids is 1. The SMILES string of the molecule is CCCc1nc(CSc2cc(C(=O)O)ccn2)no1. The monoisotopic (exact) mass is 279 g/mol. The molecule has 100 valence electrons. The molecule has 0 saturated heterocycles. The van der Waals surface area contributed by atoms with Gasteiger partial charge in [-0.3, -0.25) is 0 Å². The summed E-state index contributed by atoms with van der Waals surface area (Å²) in [5.74, 6) is 0.763. The fraction of sp³-hybridized carbons (Fsp3) is 0.333. The number of carboxylic acid groups (broad SMARTS) is 1. The van der Waals surface area contributed by atoms with E-state index in [0.717, 1.165) is 12.8 Å². The van der Waals surface area contributed by atoms with E-state index in [9.17, 15) is 4.79 Å². The summed E-state index contributed by atoms with van der Waals surface area (Å²) in [6.07, 6.45) is 3.20. The topological polar surface area (TPSA) is 89.1 Å². The van der Waals surface area contributed by atoms with Crippen molar-refractivity contribution >= 4 is 17.7 Å². The molecule has 0 aromatic carbocycles. The van der Waals surface area contributed by atoms with E-state index < -0.39 is 5.97 Å². The zero-order chi connectivity index (χ0) is 13.7. The molecule has 7 heteroatoms. The molecule has 0 aliphatic heterocycles. The second-order valence-electron chi connectivity index (χ2n) is 3.83. The van der Waals surface area contributed by atoms with Gasteiger partial charge in [0.25, 0.3) is 0 Å². The molecule has 2 rings (SSSR count). The minimum Gasteiger partial charge on any atom is -0.478 e. The third kappa shape index (κ3) is 3.78. The Balaban J connectivity index is 1.97. The minimum absolute atomic E-state index is 0.220. The van der Waals surface area contributed by atoms with Gasteiger partial charge >= 0.3 is 5.97 Å². The zero-order valence-electron chi connectivity index (χ0n) is 10.4. The Bertz CT molecular complexity index is 571. The van der Waals surface area contributed by atoms with Gasteiger partial charge in [0, 0.05) is 12.6 Å². The molecule has 0 atom stereocenters. The van der Waals surface area contributed by atoms with Gasteiger partial charge in [-0.1, -0.05) is 23.8 Å². The van der Waals surface area contributed by atoms with Crippen LogP contribution in [0.15, 0.2) is 27.9 Å². The number of thioether (sulfide) groups is 1. The molecule has 1 N–H and O–H groups in total. The lowest BCUT2D eigenvalue weighted by Gasteiger charge is -1.99. The van der Waals surface area contributed by atoms with Crippen LogP contribution in [-0.2, 0) is 12.2 Å². The average molecular weight is 279 g/mol. The first-order valence-electron chi connectivity index (χ1n) is 5.82. The maximum Gasteiger partial charge on any atom is 0.335 e. The number of carbonyl (C=O) groups is 1. The van der Waals surface area contributed by atoms with Crippen molar-refractivity contribution in [1.82, 2.24) is 15.1 Å². The first kappa shape index (κ1) is 13.5. The van der Waals surface area contributed by atoms with Crippen molar-refractivity contribution in [3.05, 3.63) is 35.6 Å². The molecular formula is C12H13N3O3S. The lowest BCUT2D eigenvalue weighted by molar-refractivity contribution is 0.0696. The van der Waals surface area contributed by atoms with Crippen LogP contribution >= 0.6 is 11.8 Å². The van der Waals surface area contributed by atoms with Gasteiger partial charge in [0.05, 0.1) is 16.3 Å². The first-order chi connectivity index (χ1) is 9.19. The summed E-state index contributed by atoms with van der Waals surface area (Å²) in [5.41, 5.74) is 0.220. The summed E-state index contributed by atoms with van der Waals surface area (Å²) in [5, 5.41) is 13.4. The highest BCUT2D eigenvalue weighted by atomic mass is 32.2. The number of aromatic nitrogens is 3. The highest BCUT2D eigenvalue weighted by Crippen LogP contribution is 2.20. The lowest BCUT2D eigenvalue weighted by atomic mass is 10.3. The van der Waals surface area contributed by atoms with E-state index in [4.69, 9.17) is 9.63 Å². The molecule has 19 heavy (non-hydrogen) atoms. The average Bonchev–Trinajstić information content (AvgIpc) is 2.85. The van der Waals surface area contributed by atoms with Gasteiger partial charge in [-0.2, -0.15) is 4.98 Å². The van der Waals surface area contributed by atoms with Crippen molar-refractivity contribution in [2.45, 2.75) is 30.5 Å². The maximum absolute atomic E-state index is 10.8. The van der Waals surface area contributed by atoms with Crippen molar-refractivity contribution in [2.24, 2.45) is 0 Å². The highest BCUT2D eigenvalue weighted by Gasteiger charge is 2.08. The van der Waals surface area contributed by atoms with Crippen LogP contribution in [0.4, 0.5) is 0 Å². The first-order valence-corrected chi connectivity index (χ1v) is 6.81. The molecular weight excluding hydrogens is 266 g/mol. The van der Waals surface area contributed by atoms with Crippen molar-refractivity contribution in [1.29, 1.82) is 0 Å². The summed E-state index contributed by atoms with van der Waals surface area (Å²) in [4.78, 5) is 19.1. The van der Waals surface area contributed by atoms with Crippen LogP contribution in [0.5, 0.6) is 0 Å². The van der Waals surface area contributed by atoms with E-state index in [1.807, 2.05) is 6.92 Å². The van der Waals surface area contributed by atoms with E-state index >= 15 is 0 Å². The van der Waals surface area contributed by atoms with Gasteiger partial charge in [0.2, 0.25) is 5.89 Å². The van der Waals surface area contributed by atoms with Gasteiger partial charge in [-0.25, -0.2) is 9.78 Å². The largest absolute Gasteiger partial charge is 0.478 e. The van der Waals surface area contributed by atoms with Gasteiger partial charge in [-0.15, -0.1) is 0 Å². The fourth-order valence-electron chi connectivity index (χ4n) is 1.42. The number of aryl methyl sites for hydroxylation is 1. The summed E-state index contributed by atoms with van der Waals surface area (Å²) >= 11 is 1.38. The van der Waals surface area contributed by atoms with Crippen LogP contribution in [0.3, 0.4) is 0 Å². The normalized spacial score (nSPS) is 10.6. The van der Waals surface area contributed by atoms with Crippen LogP contribution in [0.1, 0.15) is 35.4 Å². The second kappa shape index (κ2) is 6.33. The Kier molecular flexibility index (Phi) is 4.51. The van der Waals surface area contributed by atoms with E-state index in [2.05, 4.69) is 15.1 Å². The van der Waals surface area contributed by atoms with Gasteiger partial charge in [-0.05, 0) is 18.6 Å². The predicted octanol–water partition coefficient (Wildman–Crippen LogP) is 2.41. The number of carboxylic acids is 1. The molecule has 0 aliphatic rings. The fourth-order valence-corrected chi connectivity index (χ4v) is 2.16. The molecule has 0 aliphatic carbocycles. The third-order valence-electron chi connectivity index (χ3n) is 2.30. The van der Waals surface area contributed by atoms with Gasteiger partial charge < -0.3 is 9.63 Å². The number of pyridine rings is 1. The molecule has 0 bridgehead atoms. The molecule has 2 heterocycles. The summed E-state index contributed by atoms with van der Waals surface area (Å²) in [6, 6.07) is 2.99. The Morgan fingerprint density at radius 1 is 1.53 bits per heavy atom. The van der Waals surface area contributed by atoms with Crippen molar-refractivity contribution in [3.63, 3.8) is 0 Å². The van der Waals surface area contributed by atoms with Crippen molar-refractivity contribution < 1.29 is 14.4 Å². The van der Waals surface area contributed by atoms with Crippen LogP contribution in [0, 0.1) is 0 Å². The van der Waals surface area contributed by atoms with Gasteiger partial charge in [0.15, 0.2) is 5.82 Å². The zero-order valence-corrected chi connectivity index (χ0v) is 11.2. The second-order valence-corrected chi connectivity index (χ2v) is 4.83. The number of nitrogens with zero attached hydrogens (tertiary/aromatic N) is 3. The quantitative estimate of drug-likeness (QED) is 0.812. The van der Waals surface area contributed by atoms with Crippen molar-refractivity contribution in [2.75, 3.05) is 0 Å². The van der Waals surface area contributed by atoms with E-state index in [0.29, 0.717) is 22.5 Å². The standard InChI is InChI=1S/C12H13N3O3S/c1-2-3-10-14-9(15-18-10)7-19-11-6-8(12(16)17)4-5-13-11/h4-6H,2-3,7H2,1H3,(H,16,17). The van der Waals surface area contributed by atoms with Crippen molar-refractivity contribution in [3.8, 4) is 0 Å². The van der Waals surface area contributed by atoms with Crippen LogP contribution in [-0.4, -0.2) is 26.2 Å². The van der Waals surface area contributed by atoms with Gasteiger partial charge in [0.1, 0.15) is 0 Å². The molecule has 2 aromatic rings. The molecule has 2 aromatic heterocycles. The number of hydrogen-bond acceptors (Lipinski definition) is 6. The number of rotatable bonds is 6. The number of hydrogen-bond donors (Lipinski definition) is 1. The molecule has 0 saturated carbocycles. The van der Waals surface area contributed by atoms with E-state index in [1.165, 1.54) is 30.1 Å². The molecule has 0 radical (unpaired) electrons. The summed E-state index contributed by atoms with van der Waals surface area (Å²) in [7, 11) is 0. The Labute approximate surface area is 114 Å². The van der Waals surface area contributed by atoms with E-state index in [-0.39, 0.29) is 5.56 Å². The molecule has 0 fully saturated rings. The van der Waals surface area contributed by atoms with Crippen LogP contribution < -0.4 is 0 Å².